The number of nitrogen functional groups attached to an aromatic ring is 1. The second-order valence-electron chi connectivity index (χ2n) is 7.62. The van der Waals surface area contributed by atoms with Crippen molar-refractivity contribution in [3.8, 4) is 5.75 Å². The van der Waals surface area contributed by atoms with Gasteiger partial charge < -0.3 is 25.3 Å². The highest BCUT2D eigenvalue weighted by molar-refractivity contribution is 5.93. The van der Waals surface area contributed by atoms with Crippen molar-refractivity contribution in [2.75, 3.05) is 51.5 Å². The average Bonchev–Trinajstić information content (AvgIpc) is 2.85. The minimum absolute atomic E-state index is 0.0343. The number of nitrogens with one attached hydrogen (secondary N) is 1. The van der Waals surface area contributed by atoms with Gasteiger partial charge in [0.15, 0.2) is 0 Å². The van der Waals surface area contributed by atoms with Crippen molar-refractivity contribution >= 4 is 34.3 Å². The zero-order valence-corrected chi connectivity index (χ0v) is 19.5. The summed E-state index contributed by atoms with van der Waals surface area (Å²) >= 11 is 0. The molecule has 3 aromatic rings. The number of carbonyl (C=O) groups excluding carboxylic acids is 2. The van der Waals surface area contributed by atoms with E-state index in [1.807, 2.05) is 30.3 Å². The van der Waals surface area contributed by atoms with E-state index < -0.39 is 11.9 Å². The van der Waals surface area contributed by atoms with Crippen LogP contribution in [-0.4, -0.2) is 67.3 Å². The molecule has 3 rings (SSSR count). The Morgan fingerprint density at radius 1 is 1.06 bits per heavy atom. The largest absolute Gasteiger partial charge is 0.490 e. The molecule has 0 saturated heterocycles. The third-order valence-electron chi connectivity index (χ3n) is 5.25. The molecule has 0 aliphatic rings. The number of ether oxygens (including phenoxy) is 3. The molecule has 0 saturated carbocycles. The molecule has 3 N–H and O–H groups in total. The van der Waals surface area contributed by atoms with E-state index >= 15 is 0 Å². The van der Waals surface area contributed by atoms with Crippen LogP contribution in [0.2, 0.25) is 0 Å². The molecule has 0 spiro atoms. The predicted octanol–water partition coefficient (Wildman–Crippen LogP) is 2.41. The van der Waals surface area contributed by atoms with Crippen molar-refractivity contribution in [2.45, 2.75) is 13.0 Å². The number of anilines is 2. The molecule has 0 amide bonds. The molecule has 1 atom stereocenters. The third-order valence-corrected chi connectivity index (χ3v) is 5.25. The fraction of sp³-hybridized carbons (Fsp3) is 0.333. The van der Waals surface area contributed by atoms with Gasteiger partial charge in [0.1, 0.15) is 24.5 Å². The first-order chi connectivity index (χ1) is 16.4. The second-order valence-corrected chi connectivity index (χ2v) is 7.62. The van der Waals surface area contributed by atoms with Gasteiger partial charge in [-0.25, -0.2) is 9.97 Å². The number of rotatable bonds is 11. The van der Waals surface area contributed by atoms with Gasteiger partial charge in [-0.3, -0.25) is 14.5 Å². The topological polar surface area (TPSA) is 129 Å². The molecule has 34 heavy (non-hydrogen) atoms. The second kappa shape index (κ2) is 11.8. The van der Waals surface area contributed by atoms with Crippen LogP contribution in [0, 0.1) is 0 Å². The zero-order chi connectivity index (χ0) is 24.5. The number of carbonyl (C=O) groups is 2. The third kappa shape index (κ3) is 6.55. The van der Waals surface area contributed by atoms with E-state index in [-0.39, 0.29) is 32.3 Å². The summed E-state index contributed by atoms with van der Waals surface area (Å²) in [6.45, 7) is 2.39. The highest BCUT2D eigenvalue weighted by Crippen LogP contribution is 2.31. The maximum absolute atomic E-state index is 11.6. The Hall–Kier alpha value is -3.92. The van der Waals surface area contributed by atoms with Crippen molar-refractivity contribution < 1.29 is 23.8 Å². The number of aromatic nitrogens is 2. The number of methoxy groups -OCH3 is 2. The number of fused-ring (bicyclic) bond motifs is 1. The van der Waals surface area contributed by atoms with Gasteiger partial charge >= 0.3 is 11.9 Å². The lowest BCUT2D eigenvalue weighted by atomic mass is 10.1. The number of hydrogen-bond acceptors (Lipinski definition) is 10. The Morgan fingerprint density at radius 3 is 2.38 bits per heavy atom. The van der Waals surface area contributed by atoms with E-state index in [1.54, 1.807) is 17.0 Å². The fourth-order valence-corrected chi connectivity index (χ4v) is 3.36. The molecule has 1 heterocycles. The summed E-state index contributed by atoms with van der Waals surface area (Å²) in [6.07, 6.45) is 1.48. The maximum atomic E-state index is 11.6. The first-order valence-electron chi connectivity index (χ1n) is 10.8. The Kier molecular flexibility index (Phi) is 8.58. The Balaban J connectivity index is 1.71. The van der Waals surface area contributed by atoms with Gasteiger partial charge in [0.2, 0.25) is 0 Å². The first kappa shape index (κ1) is 24.7. The summed E-state index contributed by atoms with van der Waals surface area (Å²) in [5.41, 5.74) is 8.47. The molecule has 0 fully saturated rings. The summed E-state index contributed by atoms with van der Waals surface area (Å²) < 4.78 is 15.2. The zero-order valence-electron chi connectivity index (χ0n) is 19.5. The van der Waals surface area contributed by atoms with E-state index in [4.69, 9.17) is 10.5 Å². The van der Waals surface area contributed by atoms with Crippen LogP contribution in [0.3, 0.4) is 0 Å². The van der Waals surface area contributed by atoms with Crippen molar-refractivity contribution in [3.05, 3.63) is 54.4 Å². The van der Waals surface area contributed by atoms with Crippen LogP contribution in [0.1, 0.15) is 18.5 Å². The SMILES string of the molecule is COC(=O)CN(CCOc1cc2ncnc(NC(C)c3ccccc3)c2cc1N)CC(=O)OC. The quantitative estimate of drug-likeness (QED) is 0.320. The number of hydrogen-bond donors (Lipinski definition) is 2. The van der Waals surface area contributed by atoms with Gasteiger partial charge in [-0.2, -0.15) is 0 Å². The molecule has 0 aliphatic heterocycles. The lowest BCUT2D eigenvalue weighted by Gasteiger charge is -2.20. The minimum Gasteiger partial charge on any atom is -0.490 e. The van der Waals surface area contributed by atoms with E-state index in [9.17, 15) is 9.59 Å². The first-order valence-corrected chi connectivity index (χ1v) is 10.8. The lowest BCUT2D eigenvalue weighted by Crippen LogP contribution is -2.38. The van der Waals surface area contributed by atoms with Crippen LogP contribution < -0.4 is 15.8 Å². The molecule has 2 aromatic carbocycles. The highest BCUT2D eigenvalue weighted by atomic mass is 16.5. The molecule has 180 valence electrons. The molecule has 0 radical (unpaired) electrons. The Morgan fingerprint density at radius 2 is 1.74 bits per heavy atom. The number of nitrogens with two attached hydrogens (primary N) is 1. The van der Waals surface area contributed by atoms with Crippen molar-refractivity contribution in [2.24, 2.45) is 0 Å². The number of benzene rings is 2. The molecule has 0 bridgehead atoms. The predicted molar refractivity (Wildman–Crippen MR) is 128 cm³/mol. The van der Waals surface area contributed by atoms with Gasteiger partial charge in [-0.1, -0.05) is 30.3 Å². The number of esters is 2. The normalized spacial score (nSPS) is 11.8. The van der Waals surface area contributed by atoms with Gasteiger partial charge in [0, 0.05) is 24.0 Å². The standard InChI is InChI=1S/C24H29N5O5/c1-16(17-7-5-4-6-8-17)28-24-18-11-19(25)21(12-20(18)26-15-27-24)34-10-9-29(13-22(30)32-2)14-23(31)33-3/h4-8,11-12,15-16H,9-10,13-14,25H2,1-3H3,(H,26,27,28). The van der Waals surface area contributed by atoms with Crippen LogP contribution in [0.4, 0.5) is 11.5 Å². The monoisotopic (exact) mass is 467 g/mol. The summed E-state index contributed by atoms with van der Waals surface area (Å²) in [5.74, 6) is 0.192. The van der Waals surface area contributed by atoms with E-state index in [0.717, 1.165) is 10.9 Å². The van der Waals surface area contributed by atoms with Gasteiger partial charge in [-0.05, 0) is 18.6 Å². The lowest BCUT2D eigenvalue weighted by molar-refractivity contribution is -0.145. The smallest absolute Gasteiger partial charge is 0.319 e. The van der Waals surface area contributed by atoms with Crippen LogP contribution in [0.5, 0.6) is 5.75 Å². The molecule has 10 heteroatoms. The molecule has 1 aromatic heterocycles. The van der Waals surface area contributed by atoms with Crippen molar-refractivity contribution in [1.29, 1.82) is 0 Å². The fourth-order valence-electron chi connectivity index (χ4n) is 3.36. The summed E-state index contributed by atoms with van der Waals surface area (Å²) in [6, 6.07) is 13.6. The minimum atomic E-state index is -0.462. The molecule has 0 aliphatic carbocycles. The van der Waals surface area contributed by atoms with Crippen molar-refractivity contribution in [3.63, 3.8) is 0 Å². The maximum Gasteiger partial charge on any atom is 0.319 e. The summed E-state index contributed by atoms with van der Waals surface area (Å²) in [7, 11) is 2.58. The van der Waals surface area contributed by atoms with Gasteiger partial charge in [0.05, 0.1) is 38.5 Å². The van der Waals surface area contributed by atoms with E-state index in [2.05, 4.69) is 31.7 Å². The Bertz CT molecular complexity index is 1110. The molecule has 1 unspecified atom stereocenters. The highest BCUT2D eigenvalue weighted by Gasteiger charge is 2.16. The van der Waals surface area contributed by atoms with E-state index in [0.29, 0.717) is 22.8 Å². The van der Waals surface area contributed by atoms with Gasteiger partial charge in [0.25, 0.3) is 0 Å². The van der Waals surface area contributed by atoms with Crippen LogP contribution >= 0.6 is 0 Å². The summed E-state index contributed by atoms with van der Waals surface area (Å²) in [5, 5.41) is 4.18. The Labute approximate surface area is 198 Å². The number of nitrogens with zero attached hydrogens (tertiary/aromatic N) is 3. The van der Waals surface area contributed by atoms with Crippen LogP contribution in [-0.2, 0) is 19.1 Å². The molecular formula is C24H29N5O5. The van der Waals surface area contributed by atoms with Gasteiger partial charge in [-0.15, -0.1) is 0 Å². The van der Waals surface area contributed by atoms with Crippen LogP contribution in [0.25, 0.3) is 10.9 Å². The molecular weight excluding hydrogens is 438 g/mol. The van der Waals surface area contributed by atoms with E-state index in [1.165, 1.54) is 20.5 Å². The van der Waals surface area contributed by atoms with Crippen molar-refractivity contribution in [1.82, 2.24) is 14.9 Å². The molecule has 10 nitrogen and oxygen atoms in total. The average molecular weight is 468 g/mol. The van der Waals surface area contributed by atoms with Crippen LogP contribution in [0.15, 0.2) is 48.8 Å². The summed E-state index contributed by atoms with van der Waals surface area (Å²) in [4.78, 5) is 33.6.